The average molecular weight is 464 g/mol. The van der Waals surface area contributed by atoms with Crippen LogP contribution in [0.25, 0.3) is 27.6 Å². The highest BCUT2D eigenvalue weighted by Crippen LogP contribution is 2.36. The van der Waals surface area contributed by atoms with Crippen molar-refractivity contribution >= 4 is 44.9 Å². The molecule has 2 aromatic carbocycles. The number of oxazole rings is 1. The maximum absolute atomic E-state index is 12.9. The van der Waals surface area contributed by atoms with E-state index in [2.05, 4.69) is 9.98 Å². The molecular weight excluding hydrogens is 438 g/mol. The molecule has 0 radical (unpaired) electrons. The van der Waals surface area contributed by atoms with E-state index >= 15 is 0 Å². The Morgan fingerprint density at radius 2 is 1.88 bits per heavy atom. The second-order valence-electron chi connectivity index (χ2n) is 8.19. The number of benzene rings is 2. The minimum atomic E-state index is -0.441. The van der Waals surface area contributed by atoms with E-state index in [4.69, 9.17) is 20.8 Å². The van der Waals surface area contributed by atoms with Gasteiger partial charge in [-0.2, -0.15) is 0 Å². The third-order valence-corrected chi connectivity index (χ3v) is 6.22. The lowest BCUT2D eigenvalue weighted by Gasteiger charge is -2.17. The van der Waals surface area contributed by atoms with E-state index in [0.717, 1.165) is 38.9 Å². The van der Waals surface area contributed by atoms with Gasteiger partial charge in [0.1, 0.15) is 11.3 Å². The summed E-state index contributed by atoms with van der Waals surface area (Å²) in [5.74, 6) is 0.235. The van der Waals surface area contributed by atoms with Crippen molar-refractivity contribution in [3.8, 4) is 5.75 Å². The molecule has 0 saturated carbocycles. The molecule has 7 heteroatoms. The number of fused-ring (bicyclic) bond motifs is 3. The molecule has 0 N–H and O–H groups in total. The number of rotatable bonds is 5. The zero-order chi connectivity index (χ0) is 23.9. The van der Waals surface area contributed by atoms with Crippen LogP contribution in [0.4, 0.5) is 0 Å². The molecule has 4 aromatic rings. The third-order valence-electron chi connectivity index (χ3n) is 5.97. The van der Waals surface area contributed by atoms with Gasteiger partial charge in [0, 0.05) is 34.3 Å². The van der Waals surface area contributed by atoms with Gasteiger partial charge in [-0.3, -0.25) is 14.5 Å². The standard InChI is InChI=1S/C26H26ClN3O3/c1-14(2)24(15(3)28-5)20-11-21-19(12-22(20)32-6)25-23(13-29-21)33-26(31)30(25)16(4)17-7-9-18(27)10-8-17/h7-13,16H,1-6H3/t16-/m1/s1. The maximum atomic E-state index is 12.9. The highest BCUT2D eigenvalue weighted by Gasteiger charge is 2.22. The van der Waals surface area contributed by atoms with Gasteiger partial charge in [-0.1, -0.05) is 29.3 Å². The fraction of sp³-hybridized carbons (Fsp3) is 0.269. The minimum absolute atomic E-state index is 0.268. The Balaban J connectivity index is 2.03. The predicted octanol–water partition coefficient (Wildman–Crippen LogP) is 6.30. The summed E-state index contributed by atoms with van der Waals surface area (Å²) >= 11 is 6.05. The number of hydrogen-bond donors (Lipinski definition) is 0. The molecule has 2 heterocycles. The van der Waals surface area contributed by atoms with Gasteiger partial charge in [-0.05, 0) is 57.5 Å². The van der Waals surface area contributed by atoms with Crippen LogP contribution in [-0.4, -0.2) is 29.4 Å². The van der Waals surface area contributed by atoms with Crippen molar-refractivity contribution in [1.29, 1.82) is 0 Å². The summed E-state index contributed by atoms with van der Waals surface area (Å²) in [6.07, 6.45) is 1.60. The summed E-state index contributed by atoms with van der Waals surface area (Å²) in [5.41, 5.74) is 6.73. The number of aliphatic imine (C=N–C) groups is 1. The van der Waals surface area contributed by atoms with Crippen molar-refractivity contribution in [3.05, 3.63) is 74.9 Å². The lowest BCUT2D eigenvalue weighted by atomic mass is 9.95. The quantitative estimate of drug-likeness (QED) is 0.326. The van der Waals surface area contributed by atoms with E-state index < -0.39 is 5.76 Å². The molecule has 0 aliphatic rings. The van der Waals surface area contributed by atoms with Crippen LogP contribution >= 0.6 is 11.6 Å². The van der Waals surface area contributed by atoms with Crippen LogP contribution in [0, 0.1) is 0 Å². The van der Waals surface area contributed by atoms with Crippen molar-refractivity contribution < 1.29 is 9.15 Å². The molecule has 0 amide bonds. The zero-order valence-electron chi connectivity index (χ0n) is 19.6. The van der Waals surface area contributed by atoms with Gasteiger partial charge < -0.3 is 9.15 Å². The van der Waals surface area contributed by atoms with E-state index in [0.29, 0.717) is 21.9 Å². The van der Waals surface area contributed by atoms with E-state index in [-0.39, 0.29) is 6.04 Å². The van der Waals surface area contributed by atoms with Gasteiger partial charge in [-0.15, -0.1) is 0 Å². The number of methoxy groups -OCH3 is 1. The van der Waals surface area contributed by atoms with Crippen molar-refractivity contribution in [2.24, 2.45) is 4.99 Å². The first-order valence-corrected chi connectivity index (χ1v) is 11.0. The summed E-state index contributed by atoms with van der Waals surface area (Å²) in [6.45, 7) is 8.03. The largest absolute Gasteiger partial charge is 0.496 e. The van der Waals surface area contributed by atoms with Crippen LogP contribution in [0.3, 0.4) is 0 Å². The first kappa shape index (κ1) is 22.8. The molecule has 0 aliphatic heterocycles. The summed E-state index contributed by atoms with van der Waals surface area (Å²) < 4.78 is 13.0. The molecule has 2 aromatic heterocycles. The van der Waals surface area contributed by atoms with Crippen molar-refractivity contribution in [2.45, 2.75) is 33.7 Å². The Hall–Kier alpha value is -3.38. The van der Waals surface area contributed by atoms with Crippen molar-refractivity contribution in [2.75, 3.05) is 14.2 Å². The lowest BCUT2D eigenvalue weighted by molar-refractivity contribution is 0.414. The second-order valence-corrected chi connectivity index (χ2v) is 8.63. The second kappa shape index (κ2) is 8.87. The Morgan fingerprint density at radius 3 is 2.48 bits per heavy atom. The Morgan fingerprint density at radius 1 is 1.18 bits per heavy atom. The monoisotopic (exact) mass is 463 g/mol. The summed E-state index contributed by atoms with van der Waals surface area (Å²) in [7, 11) is 3.41. The zero-order valence-corrected chi connectivity index (χ0v) is 20.3. The van der Waals surface area contributed by atoms with Gasteiger partial charge in [0.25, 0.3) is 0 Å². The molecule has 1 atom stereocenters. The van der Waals surface area contributed by atoms with Crippen molar-refractivity contribution in [3.63, 3.8) is 0 Å². The first-order valence-electron chi connectivity index (χ1n) is 10.7. The molecule has 0 fully saturated rings. The molecule has 6 nitrogen and oxygen atoms in total. The SMILES string of the molecule is CN=C(C)C(=C(C)C)c1cc2ncc3oc(=O)n([C@H](C)c4ccc(Cl)cc4)c3c2cc1OC. The smallest absolute Gasteiger partial charge is 0.420 e. The summed E-state index contributed by atoms with van der Waals surface area (Å²) in [6, 6.07) is 11.1. The minimum Gasteiger partial charge on any atom is -0.496 e. The van der Waals surface area contributed by atoms with E-state index in [9.17, 15) is 4.79 Å². The highest BCUT2D eigenvalue weighted by atomic mass is 35.5. The summed E-state index contributed by atoms with van der Waals surface area (Å²) in [5, 5.41) is 1.42. The normalized spacial score (nSPS) is 12.9. The van der Waals surface area contributed by atoms with Gasteiger partial charge in [-0.25, -0.2) is 4.79 Å². The molecule has 0 bridgehead atoms. The molecule has 0 spiro atoms. The van der Waals surface area contributed by atoms with Crippen LogP contribution in [0.15, 0.2) is 62.4 Å². The van der Waals surface area contributed by atoms with Gasteiger partial charge in [0.2, 0.25) is 0 Å². The fourth-order valence-corrected chi connectivity index (χ4v) is 4.41. The van der Waals surface area contributed by atoms with Gasteiger partial charge in [0.15, 0.2) is 5.58 Å². The van der Waals surface area contributed by atoms with Crippen LogP contribution in [0.2, 0.25) is 5.02 Å². The molecule has 4 rings (SSSR count). The number of allylic oxidation sites excluding steroid dienone is 2. The van der Waals surface area contributed by atoms with Crippen LogP contribution in [-0.2, 0) is 0 Å². The fourth-order valence-electron chi connectivity index (χ4n) is 4.29. The number of aromatic nitrogens is 2. The van der Waals surface area contributed by atoms with E-state index in [1.165, 1.54) is 0 Å². The third kappa shape index (κ3) is 3.95. The predicted molar refractivity (Wildman–Crippen MR) is 135 cm³/mol. The molecule has 170 valence electrons. The molecule has 33 heavy (non-hydrogen) atoms. The van der Waals surface area contributed by atoms with Gasteiger partial charge >= 0.3 is 5.76 Å². The highest BCUT2D eigenvalue weighted by molar-refractivity contribution is 6.30. The van der Waals surface area contributed by atoms with Crippen LogP contribution in [0.5, 0.6) is 5.75 Å². The lowest BCUT2D eigenvalue weighted by Crippen LogP contribution is -2.19. The summed E-state index contributed by atoms with van der Waals surface area (Å²) in [4.78, 5) is 21.9. The van der Waals surface area contributed by atoms with E-state index in [1.54, 1.807) is 24.9 Å². The van der Waals surface area contributed by atoms with Crippen molar-refractivity contribution in [1.82, 2.24) is 9.55 Å². The Bertz CT molecular complexity index is 1470. The van der Waals surface area contributed by atoms with Crippen LogP contribution < -0.4 is 10.5 Å². The number of ether oxygens (including phenoxy) is 1. The topological polar surface area (TPSA) is 69.6 Å². The molecule has 0 unspecified atom stereocenters. The number of pyridine rings is 1. The van der Waals surface area contributed by atoms with E-state index in [1.807, 2.05) is 64.1 Å². The van der Waals surface area contributed by atoms with Crippen LogP contribution in [0.1, 0.15) is 44.9 Å². The number of halogens is 1. The molecule has 0 aliphatic carbocycles. The number of hydrogen-bond acceptors (Lipinski definition) is 5. The van der Waals surface area contributed by atoms with Gasteiger partial charge in [0.05, 0.1) is 24.9 Å². The average Bonchev–Trinajstić information content (AvgIpc) is 3.14. The molecular formula is C26H26ClN3O3. The molecule has 0 saturated heterocycles. The number of nitrogens with zero attached hydrogens (tertiary/aromatic N) is 3. The Labute approximate surface area is 197 Å². The first-order chi connectivity index (χ1) is 15.8. The maximum Gasteiger partial charge on any atom is 0.420 e. The Kier molecular flexibility index (Phi) is 6.13.